The third-order valence-corrected chi connectivity index (χ3v) is 6.13. The second kappa shape index (κ2) is 7.62. The Hall–Kier alpha value is -2.51. The predicted octanol–water partition coefficient (Wildman–Crippen LogP) is 4.20. The largest absolute Gasteiger partial charge is 0.382 e. The summed E-state index contributed by atoms with van der Waals surface area (Å²) < 4.78 is 7.97. The molecule has 3 aromatic rings. The maximum Gasteiger partial charge on any atom is 0.161 e. The van der Waals surface area contributed by atoms with Gasteiger partial charge < -0.3 is 10.5 Å². The van der Waals surface area contributed by atoms with Crippen molar-refractivity contribution in [1.82, 2.24) is 14.5 Å². The van der Waals surface area contributed by atoms with Crippen LogP contribution in [0.3, 0.4) is 0 Å². The molecule has 0 spiro atoms. The molecule has 0 atom stereocenters. The molecule has 0 fully saturated rings. The number of nitrogens with zero attached hydrogens (tertiary/aromatic N) is 3. The first-order valence-electron chi connectivity index (χ1n) is 9.05. The van der Waals surface area contributed by atoms with Crippen molar-refractivity contribution >= 4 is 30.8 Å². The van der Waals surface area contributed by atoms with Crippen LogP contribution in [-0.2, 0) is 11.5 Å². The van der Waals surface area contributed by atoms with Gasteiger partial charge in [-0.3, -0.25) is 9.36 Å². The van der Waals surface area contributed by atoms with Crippen molar-refractivity contribution in [2.24, 2.45) is 0 Å². The van der Waals surface area contributed by atoms with Crippen LogP contribution < -0.4 is 5.73 Å². The molecule has 1 aromatic carbocycles. The van der Waals surface area contributed by atoms with E-state index in [1.807, 2.05) is 34.9 Å². The third-order valence-electron chi connectivity index (χ3n) is 4.42. The van der Waals surface area contributed by atoms with Gasteiger partial charge in [-0.05, 0) is 24.6 Å². The van der Waals surface area contributed by atoms with Gasteiger partial charge in [-0.1, -0.05) is 43.9 Å². The lowest BCUT2D eigenvalue weighted by Gasteiger charge is -2.16. The topological polar surface area (TPSA) is 83.0 Å². The Labute approximate surface area is 160 Å². The summed E-state index contributed by atoms with van der Waals surface area (Å²) in [7, 11) is -1.15. The van der Waals surface area contributed by atoms with E-state index in [0.717, 1.165) is 35.1 Å². The fourth-order valence-corrected chi connectivity index (χ4v) is 3.57. The Morgan fingerprint density at radius 2 is 1.93 bits per heavy atom. The molecule has 27 heavy (non-hydrogen) atoms. The number of carbonyl (C=O) groups excluding carboxylic acids is 1. The van der Waals surface area contributed by atoms with Crippen molar-refractivity contribution in [3.8, 4) is 11.3 Å². The predicted molar refractivity (Wildman–Crippen MR) is 111 cm³/mol. The van der Waals surface area contributed by atoms with Gasteiger partial charge in [0.25, 0.3) is 0 Å². The molecule has 2 N–H and O–H groups in total. The first-order chi connectivity index (χ1) is 12.7. The number of nitrogens with two attached hydrogens (primary N) is 1. The Kier molecular flexibility index (Phi) is 5.43. The van der Waals surface area contributed by atoms with Crippen LogP contribution in [0.15, 0.2) is 36.5 Å². The van der Waals surface area contributed by atoms with E-state index in [1.165, 1.54) is 0 Å². The van der Waals surface area contributed by atoms with Crippen molar-refractivity contribution in [2.45, 2.75) is 39.3 Å². The van der Waals surface area contributed by atoms with Gasteiger partial charge in [0.15, 0.2) is 11.4 Å². The number of ketones is 1. The van der Waals surface area contributed by atoms with Gasteiger partial charge in [0.05, 0.1) is 11.9 Å². The molecule has 0 aliphatic carbocycles. The molecule has 0 aliphatic heterocycles. The lowest BCUT2D eigenvalue weighted by atomic mass is 10.1. The van der Waals surface area contributed by atoms with Crippen LogP contribution in [0.5, 0.6) is 0 Å². The molecule has 142 valence electrons. The minimum atomic E-state index is -1.15. The van der Waals surface area contributed by atoms with E-state index < -0.39 is 8.07 Å². The molecule has 0 saturated heterocycles. The number of fused-ring (bicyclic) bond motifs is 1. The van der Waals surface area contributed by atoms with Gasteiger partial charge in [0.1, 0.15) is 18.1 Å². The highest BCUT2D eigenvalue weighted by Crippen LogP contribution is 2.27. The van der Waals surface area contributed by atoms with Gasteiger partial charge in [0.2, 0.25) is 0 Å². The number of hydrogen-bond donors (Lipinski definition) is 1. The standard InChI is InChI=1S/C20H26N4O2Si/c1-14(25)15-5-7-16(8-6-15)18-11-17-20(22-12-19(21)23-17)24(18)13-26-9-10-27(2,3)4/h5-8,11-12H,9-10,13H2,1-4H3,(H2,21,23). The number of hydrogen-bond acceptors (Lipinski definition) is 5. The normalized spacial score (nSPS) is 11.9. The van der Waals surface area contributed by atoms with E-state index in [4.69, 9.17) is 10.5 Å². The zero-order chi connectivity index (χ0) is 19.6. The summed E-state index contributed by atoms with van der Waals surface area (Å²) >= 11 is 0. The molecule has 2 aromatic heterocycles. The van der Waals surface area contributed by atoms with Gasteiger partial charge in [-0.25, -0.2) is 9.97 Å². The SMILES string of the molecule is CC(=O)c1ccc(-c2cc3nc(N)cnc3n2COCC[Si](C)(C)C)cc1. The molecular formula is C20H26N4O2Si. The molecule has 0 bridgehead atoms. The fraction of sp³-hybridized carbons (Fsp3) is 0.350. The molecule has 0 aliphatic rings. The quantitative estimate of drug-likeness (QED) is 0.376. The Balaban J connectivity index is 1.94. The van der Waals surface area contributed by atoms with Gasteiger partial charge in [-0.2, -0.15) is 0 Å². The smallest absolute Gasteiger partial charge is 0.161 e. The van der Waals surface area contributed by atoms with Gasteiger partial charge >= 0.3 is 0 Å². The number of rotatable bonds is 7. The summed E-state index contributed by atoms with van der Waals surface area (Å²) in [5.74, 6) is 0.436. The maximum atomic E-state index is 11.5. The zero-order valence-corrected chi connectivity index (χ0v) is 17.3. The molecule has 6 nitrogen and oxygen atoms in total. The number of anilines is 1. The number of ether oxygens (including phenoxy) is 1. The fourth-order valence-electron chi connectivity index (χ4n) is 2.82. The van der Waals surface area contributed by atoms with E-state index in [1.54, 1.807) is 13.1 Å². The van der Waals surface area contributed by atoms with Crippen LogP contribution in [0, 0.1) is 0 Å². The van der Waals surface area contributed by atoms with Crippen molar-refractivity contribution in [2.75, 3.05) is 12.3 Å². The Morgan fingerprint density at radius 1 is 1.22 bits per heavy atom. The monoisotopic (exact) mass is 382 g/mol. The molecular weight excluding hydrogens is 356 g/mol. The molecule has 0 radical (unpaired) electrons. The molecule has 3 rings (SSSR count). The van der Waals surface area contributed by atoms with E-state index in [2.05, 4.69) is 29.6 Å². The van der Waals surface area contributed by atoms with Crippen molar-refractivity contribution in [3.63, 3.8) is 0 Å². The number of carbonyl (C=O) groups is 1. The average molecular weight is 383 g/mol. The first kappa shape index (κ1) is 19.3. The van der Waals surface area contributed by atoms with Crippen LogP contribution >= 0.6 is 0 Å². The molecule has 2 heterocycles. The number of nitrogen functional groups attached to an aromatic ring is 1. The van der Waals surface area contributed by atoms with Crippen molar-refractivity contribution in [1.29, 1.82) is 0 Å². The van der Waals surface area contributed by atoms with E-state index in [9.17, 15) is 4.79 Å². The first-order valence-corrected chi connectivity index (χ1v) is 12.8. The maximum absolute atomic E-state index is 11.5. The Bertz CT molecular complexity index is 959. The molecule has 0 saturated carbocycles. The van der Waals surface area contributed by atoms with E-state index in [0.29, 0.717) is 18.1 Å². The Morgan fingerprint density at radius 3 is 2.56 bits per heavy atom. The van der Waals surface area contributed by atoms with Crippen molar-refractivity contribution < 1.29 is 9.53 Å². The van der Waals surface area contributed by atoms with Crippen molar-refractivity contribution in [3.05, 3.63) is 42.1 Å². The number of Topliss-reactive ketones (excluding diaryl/α,β-unsaturated/α-hetero) is 1. The third kappa shape index (κ3) is 4.61. The van der Waals surface area contributed by atoms with Crippen LogP contribution in [0.2, 0.25) is 25.7 Å². The lowest BCUT2D eigenvalue weighted by molar-refractivity contribution is 0.0909. The summed E-state index contributed by atoms with van der Waals surface area (Å²) in [6.45, 7) is 9.68. The molecule has 0 amide bonds. The second-order valence-corrected chi connectivity index (χ2v) is 13.6. The highest BCUT2D eigenvalue weighted by atomic mass is 28.3. The lowest BCUT2D eigenvalue weighted by Crippen LogP contribution is -2.22. The second-order valence-electron chi connectivity index (χ2n) is 7.94. The van der Waals surface area contributed by atoms with E-state index in [-0.39, 0.29) is 5.78 Å². The number of aromatic nitrogens is 3. The summed E-state index contributed by atoms with van der Waals surface area (Å²) in [6, 6.07) is 10.6. The molecule has 0 unspecified atom stereocenters. The van der Waals surface area contributed by atoms with Gasteiger partial charge in [-0.15, -0.1) is 0 Å². The van der Waals surface area contributed by atoms with Crippen LogP contribution in [-0.4, -0.2) is 35.0 Å². The van der Waals surface area contributed by atoms with Gasteiger partial charge in [0, 0.05) is 20.2 Å². The summed E-state index contributed by atoms with van der Waals surface area (Å²) in [6.07, 6.45) is 1.56. The molecule has 7 heteroatoms. The minimum Gasteiger partial charge on any atom is -0.382 e. The van der Waals surface area contributed by atoms with Crippen LogP contribution in [0.25, 0.3) is 22.4 Å². The highest BCUT2D eigenvalue weighted by molar-refractivity contribution is 6.76. The number of benzene rings is 1. The average Bonchev–Trinajstić information content (AvgIpc) is 2.95. The van der Waals surface area contributed by atoms with Crippen LogP contribution in [0.4, 0.5) is 5.82 Å². The highest BCUT2D eigenvalue weighted by Gasteiger charge is 2.15. The summed E-state index contributed by atoms with van der Waals surface area (Å²) in [5, 5.41) is 0. The van der Waals surface area contributed by atoms with E-state index >= 15 is 0 Å². The summed E-state index contributed by atoms with van der Waals surface area (Å²) in [4.78, 5) is 20.4. The van der Waals surface area contributed by atoms with Crippen LogP contribution in [0.1, 0.15) is 17.3 Å². The summed E-state index contributed by atoms with van der Waals surface area (Å²) in [5.41, 5.74) is 9.88. The zero-order valence-electron chi connectivity index (χ0n) is 16.3. The minimum absolute atomic E-state index is 0.0490.